The lowest BCUT2D eigenvalue weighted by Gasteiger charge is -2.17. The third-order valence-corrected chi connectivity index (χ3v) is 4.86. The first-order valence-electron chi connectivity index (χ1n) is 8.26. The van der Waals surface area contributed by atoms with Gasteiger partial charge in [0.05, 0.1) is 6.04 Å². The summed E-state index contributed by atoms with van der Waals surface area (Å²) in [6, 6.07) is 8.04. The lowest BCUT2D eigenvalue weighted by atomic mass is 10.1. The molecule has 0 aromatic heterocycles. The van der Waals surface area contributed by atoms with Crippen LogP contribution in [0.4, 0.5) is 0 Å². The maximum absolute atomic E-state index is 12.0. The van der Waals surface area contributed by atoms with Crippen molar-refractivity contribution < 1.29 is 14.4 Å². The number of nitrogens with zero attached hydrogens (tertiary/aromatic N) is 1. The van der Waals surface area contributed by atoms with Gasteiger partial charge in [-0.1, -0.05) is 26.0 Å². The highest BCUT2D eigenvalue weighted by Gasteiger charge is 2.28. The number of amides is 3. The molecule has 1 atom stereocenters. The van der Waals surface area contributed by atoms with Crippen LogP contribution in [0.5, 0.6) is 0 Å². The average molecular weight is 348 g/mol. The molecule has 1 fully saturated rings. The second-order valence-corrected chi connectivity index (χ2v) is 7.86. The number of rotatable bonds is 7. The molecule has 5 nitrogen and oxygen atoms in total. The second-order valence-electron chi connectivity index (χ2n) is 6.21. The Bertz CT molecular complexity index is 597. The summed E-state index contributed by atoms with van der Waals surface area (Å²) < 4.78 is 0. The van der Waals surface area contributed by atoms with Crippen LogP contribution >= 0.6 is 11.8 Å². The van der Waals surface area contributed by atoms with Crippen LogP contribution in [0, 0.1) is 0 Å². The Labute approximate surface area is 147 Å². The molecule has 0 radical (unpaired) electrons. The van der Waals surface area contributed by atoms with Crippen LogP contribution in [-0.2, 0) is 14.4 Å². The van der Waals surface area contributed by atoms with Gasteiger partial charge in [-0.05, 0) is 24.6 Å². The lowest BCUT2D eigenvalue weighted by molar-refractivity contribution is -0.138. The van der Waals surface area contributed by atoms with Crippen molar-refractivity contribution >= 4 is 29.5 Å². The van der Waals surface area contributed by atoms with Gasteiger partial charge in [-0.2, -0.15) is 0 Å². The van der Waals surface area contributed by atoms with Crippen LogP contribution in [0.25, 0.3) is 0 Å². The van der Waals surface area contributed by atoms with Gasteiger partial charge >= 0.3 is 0 Å². The van der Waals surface area contributed by atoms with Crippen molar-refractivity contribution in [3.05, 3.63) is 29.8 Å². The number of hydrogen-bond donors (Lipinski definition) is 1. The zero-order valence-corrected chi connectivity index (χ0v) is 15.2. The summed E-state index contributed by atoms with van der Waals surface area (Å²) in [5.41, 5.74) is 1.03. The van der Waals surface area contributed by atoms with E-state index >= 15 is 0 Å². The zero-order valence-electron chi connectivity index (χ0n) is 14.4. The Morgan fingerprint density at radius 2 is 1.71 bits per heavy atom. The Morgan fingerprint density at radius 3 is 2.25 bits per heavy atom. The molecular formula is C18H24N2O3S. The van der Waals surface area contributed by atoms with E-state index in [-0.39, 0.29) is 49.6 Å². The van der Waals surface area contributed by atoms with Crippen molar-refractivity contribution in [1.82, 2.24) is 10.2 Å². The number of imide groups is 1. The largest absolute Gasteiger partial charge is 0.350 e. The fourth-order valence-electron chi connectivity index (χ4n) is 2.59. The van der Waals surface area contributed by atoms with Crippen LogP contribution < -0.4 is 5.32 Å². The lowest BCUT2D eigenvalue weighted by Crippen LogP contribution is -2.34. The maximum atomic E-state index is 12.0. The Balaban J connectivity index is 1.82. The van der Waals surface area contributed by atoms with Crippen LogP contribution in [0.3, 0.4) is 0 Å². The van der Waals surface area contributed by atoms with E-state index in [9.17, 15) is 14.4 Å². The molecule has 2 rings (SSSR count). The van der Waals surface area contributed by atoms with E-state index in [1.807, 2.05) is 19.1 Å². The standard InChI is InChI=1S/C18H24N2O3S/c1-12(2)24-15-6-4-14(5-7-15)13(3)19-16(21)10-11-20-17(22)8-9-18(20)23/h4-7,12-13H,8-11H2,1-3H3,(H,19,21)/t13-/m1/s1. The van der Waals surface area contributed by atoms with Gasteiger partial charge in [-0.15, -0.1) is 11.8 Å². The van der Waals surface area contributed by atoms with Crippen molar-refractivity contribution in [2.24, 2.45) is 0 Å². The molecule has 24 heavy (non-hydrogen) atoms. The SMILES string of the molecule is CC(C)Sc1ccc([C@@H](C)NC(=O)CCN2C(=O)CCC2=O)cc1. The summed E-state index contributed by atoms with van der Waals surface area (Å²) in [5, 5.41) is 3.45. The molecule has 1 aliphatic rings. The number of benzene rings is 1. The summed E-state index contributed by atoms with van der Waals surface area (Å²) in [6.45, 7) is 6.39. The van der Waals surface area contributed by atoms with Gasteiger partial charge in [0.1, 0.15) is 0 Å². The molecule has 0 spiro atoms. The van der Waals surface area contributed by atoms with E-state index in [4.69, 9.17) is 0 Å². The van der Waals surface area contributed by atoms with Crippen molar-refractivity contribution in [1.29, 1.82) is 0 Å². The van der Waals surface area contributed by atoms with E-state index in [0.29, 0.717) is 5.25 Å². The highest BCUT2D eigenvalue weighted by Crippen LogP contribution is 2.24. The molecule has 1 aromatic carbocycles. The normalized spacial score (nSPS) is 15.9. The van der Waals surface area contributed by atoms with E-state index in [2.05, 4.69) is 31.3 Å². The first-order chi connectivity index (χ1) is 11.4. The Kier molecular flexibility index (Phi) is 6.43. The predicted molar refractivity (Wildman–Crippen MR) is 94.6 cm³/mol. The monoisotopic (exact) mass is 348 g/mol. The molecule has 0 aliphatic carbocycles. The number of hydrogen-bond acceptors (Lipinski definition) is 4. The predicted octanol–water partition coefficient (Wildman–Crippen LogP) is 2.90. The van der Waals surface area contributed by atoms with Gasteiger partial charge in [0.25, 0.3) is 0 Å². The fourth-order valence-corrected chi connectivity index (χ4v) is 3.43. The smallest absolute Gasteiger partial charge is 0.229 e. The maximum Gasteiger partial charge on any atom is 0.229 e. The van der Waals surface area contributed by atoms with Crippen LogP contribution in [0.1, 0.15) is 51.6 Å². The topological polar surface area (TPSA) is 66.5 Å². The summed E-state index contributed by atoms with van der Waals surface area (Å²) in [6.07, 6.45) is 0.665. The minimum atomic E-state index is -0.181. The van der Waals surface area contributed by atoms with Crippen LogP contribution in [-0.4, -0.2) is 34.4 Å². The van der Waals surface area contributed by atoms with E-state index in [1.54, 1.807) is 11.8 Å². The highest BCUT2D eigenvalue weighted by atomic mass is 32.2. The quantitative estimate of drug-likeness (QED) is 0.608. The second kappa shape index (κ2) is 8.33. The number of carbonyl (C=O) groups is 3. The van der Waals surface area contributed by atoms with Crippen molar-refractivity contribution in [2.45, 2.75) is 56.2 Å². The Morgan fingerprint density at radius 1 is 1.12 bits per heavy atom. The van der Waals surface area contributed by atoms with Crippen LogP contribution in [0.2, 0.25) is 0 Å². The third kappa shape index (κ3) is 5.09. The molecule has 1 saturated heterocycles. The molecule has 6 heteroatoms. The molecular weight excluding hydrogens is 324 g/mol. The number of nitrogens with one attached hydrogen (secondary N) is 1. The fraction of sp³-hybridized carbons (Fsp3) is 0.500. The first-order valence-corrected chi connectivity index (χ1v) is 9.14. The molecule has 1 aromatic rings. The van der Waals surface area contributed by atoms with Gasteiger partial charge in [-0.25, -0.2) is 0 Å². The summed E-state index contributed by atoms with van der Waals surface area (Å²) in [5.74, 6) is -0.520. The zero-order chi connectivity index (χ0) is 17.7. The van der Waals surface area contributed by atoms with Gasteiger partial charge < -0.3 is 5.32 Å². The number of likely N-dealkylation sites (tertiary alicyclic amines) is 1. The number of carbonyl (C=O) groups excluding carboxylic acids is 3. The van der Waals surface area contributed by atoms with Gasteiger partial charge in [0, 0.05) is 36.0 Å². The van der Waals surface area contributed by atoms with E-state index < -0.39 is 0 Å². The minimum absolute atomic E-state index is 0.111. The molecule has 1 N–H and O–H groups in total. The van der Waals surface area contributed by atoms with Crippen molar-refractivity contribution in [2.75, 3.05) is 6.54 Å². The van der Waals surface area contributed by atoms with E-state index in [0.717, 1.165) is 5.56 Å². The molecule has 130 valence electrons. The summed E-state index contributed by atoms with van der Waals surface area (Å²) >= 11 is 1.80. The molecule has 0 unspecified atom stereocenters. The van der Waals surface area contributed by atoms with Gasteiger partial charge in [0.15, 0.2) is 0 Å². The average Bonchev–Trinajstić information content (AvgIpc) is 2.84. The molecule has 3 amide bonds. The first kappa shape index (κ1) is 18.5. The molecule has 1 heterocycles. The van der Waals surface area contributed by atoms with Crippen molar-refractivity contribution in [3.63, 3.8) is 0 Å². The number of thioether (sulfide) groups is 1. The van der Waals surface area contributed by atoms with Crippen LogP contribution in [0.15, 0.2) is 29.2 Å². The van der Waals surface area contributed by atoms with Crippen molar-refractivity contribution in [3.8, 4) is 0 Å². The molecule has 0 saturated carbocycles. The minimum Gasteiger partial charge on any atom is -0.350 e. The Hall–Kier alpha value is -1.82. The van der Waals surface area contributed by atoms with Gasteiger partial charge in [-0.3, -0.25) is 19.3 Å². The highest BCUT2D eigenvalue weighted by molar-refractivity contribution is 7.99. The molecule has 1 aliphatic heterocycles. The summed E-state index contributed by atoms with van der Waals surface area (Å²) in [7, 11) is 0. The third-order valence-electron chi connectivity index (χ3n) is 3.85. The summed E-state index contributed by atoms with van der Waals surface area (Å²) in [4.78, 5) is 37.5. The molecule has 0 bridgehead atoms. The van der Waals surface area contributed by atoms with E-state index in [1.165, 1.54) is 9.80 Å². The van der Waals surface area contributed by atoms with Gasteiger partial charge in [0.2, 0.25) is 17.7 Å².